The highest BCUT2D eigenvalue weighted by Gasteiger charge is 2.19. The molecule has 98 valence electrons. The van der Waals surface area contributed by atoms with Gasteiger partial charge in [-0.1, -0.05) is 30.7 Å². The van der Waals surface area contributed by atoms with Crippen molar-refractivity contribution >= 4 is 0 Å². The van der Waals surface area contributed by atoms with E-state index in [0.29, 0.717) is 6.04 Å². The molecule has 0 fully saturated rings. The number of nitrogens with one attached hydrogen (secondary N) is 1. The van der Waals surface area contributed by atoms with Gasteiger partial charge in [-0.15, -0.1) is 6.58 Å². The molecule has 1 atom stereocenters. The third kappa shape index (κ3) is 3.61. The van der Waals surface area contributed by atoms with Crippen LogP contribution in [-0.4, -0.2) is 13.2 Å². The first-order valence-corrected chi connectivity index (χ1v) is 6.98. The lowest BCUT2D eigenvalue weighted by Gasteiger charge is -2.26. The molecule has 0 aromatic heterocycles. The van der Waals surface area contributed by atoms with Crippen molar-refractivity contribution in [3.8, 4) is 5.75 Å². The molecule has 0 saturated carbocycles. The van der Waals surface area contributed by atoms with Crippen LogP contribution in [0.4, 0.5) is 0 Å². The molecule has 1 aliphatic heterocycles. The maximum Gasteiger partial charge on any atom is 0.124 e. The van der Waals surface area contributed by atoms with Crippen LogP contribution in [-0.2, 0) is 0 Å². The Morgan fingerprint density at radius 2 is 2.17 bits per heavy atom. The van der Waals surface area contributed by atoms with Gasteiger partial charge in [0.2, 0.25) is 0 Å². The second kappa shape index (κ2) is 7.22. The molecular weight excluding hydrogens is 222 g/mol. The van der Waals surface area contributed by atoms with E-state index >= 15 is 0 Å². The molecule has 0 amide bonds. The third-order valence-electron chi connectivity index (χ3n) is 3.43. The number of hydrogen-bond donors (Lipinski definition) is 1. The van der Waals surface area contributed by atoms with Gasteiger partial charge in [0.1, 0.15) is 5.75 Å². The molecule has 1 unspecified atom stereocenters. The molecule has 0 spiro atoms. The summed E-state index contributed by atoms with van der Waals surface area (Å²) in [5.74, 6) is 1.05. The molecule has 1 N–H and O–H groups in total. The molecule has 18 heavy (non-hydrogen) atoms. The summed E-state index contributed by atoms with van der Waals surface area (Å²) in [5, 5.41) is 3.65. The van der Waals surface area contributed by atoms with Crippen LogP contribution in [0.5, 0.6) is 5.75 Å². The quantitative estimate of drug-likeness (QED) is 0.582. The van der Waals surface area contributed by atoms with Gasteiger partial charge in [0.15, 0.2) is 0 Å². The fourth-order valence-corrected chi connectivity index (χ4v) is 2.42. The number of benzene rings is 1. The minimum absolute atomic E-state index is 0.467. The smallest absolute Gasteiger partial charge is 0.124 e. The Morgan fingerprint density at radius 3 is 3.06 bits per heavy atom. The van der Waals surface area contributed by atoms with E-state index in [1.165, 1.54) is 24.8 Å². The summed E-state index contributed by atoms with van der Waals surface area (Å²) in [4.78, 5) is 0. The number of ether oxygens (including phenoxy) is 1. The van der Waals surface area contributed by atoms with E-state index in [1.807, 2.05) is 12.1 Å². The average Bonchev–Trinajstić information content (AvgIpc) is 2.43. The molecule has 1 aliphatic rings. The van der Waals surface area contributed by atoms with Crippen molar-refractivity contribution in [1.29, 1.82) is 0 Å². The van der Waals surface area contributed by atoms with Crippen LogP contribution in [0, 0.1) is 0 Å². The van der Waals surface area contributed by atoms with Gasteiger partial charge in [-0.3, -0.25) is 0 Å². The number of allylic oxidation sites excluding steroid dienone is 1. The van der Waals surface area contributed by atoms with Gasteiger partial charge in [-0.2, -0.15) is 0 Å². The average molecular weight is 245 g/mol. The largest absolute Gasteiger partial charge is 0.493 e. The lowest BCUT2D eigenvalue weighted by Crippen LogP contribution is -2.27. The molecule has 2 rings (SSSR count). The molecule has 2 nitrogen and oxygen atoms in total. The zero-order valence-electron chi connectivity index (χ0n) is 11.0. The maximum atomic E-state index is 5.66. The van der Waals surface area contributed by atoms with Crippen molar-refractivity contribution < 1.29 is 4.74 Å². The van der Waals surface area contributed by atoms with Crippen LogP contribution in [0.3, 0.4) is 0 Å². The van der Waals surface area contributed by atoms with Gasteiger partial charge in [0.25, 0.3) is 0 Å². The Morgan fingerprint density at radius 1 is 1.28 bits per heavy atom. The number of unbranched alkanes of at least 4 members (excludes halogenated alkanes) is 3. The molecule has 0 aliphatic carbocycles. The zero-order chi connectivity index (χ0) is 12.6. The van der Waals surface area contributed by atoms with Crippen LogP contribution in [0.2, 0.25) is 0 Å². The van der Waals surface area contributed by atoms with Crippen LogP contribution in [0.1, 0.15) is 43.7 Å². The summed E-state index contributed by atoms with van der Waals surface area (Å²) < 4.78 is 5.66. The van der Waals surface area contributed by atoms with Gasteiger partial charge in [-0.25, -0.2) is 0 Å². The van der Waals surface area contributed by atoms with E-state index in [0.717, 1.165) is 31.7 Å². The second-order valence-electron chi connectivity index (χ2n) is 4.82. The van der Waals surface area contributed by atoms with Gasteiger partial charge in [0, 0.05) is 18.0 Å². The highest BCUT2D eigenvalue weighted by Crippen LogP contribution is 2.31. The predicted molar refractivity (Wildman–Crippen MR) is 76.0 cm³/mol. The number of fused-ring (bicyclic) bond motifs is 1. The minimum atomic E-state index is 0.467. The molecule has 1 aromatic rings. The first-order chi connectivity index (χ1) is 8.92. The first-order valence-electron chi connectivity index (χ1n) is 6.98. The van der Waals surface area contributed by atoms with Crippen molar-refractivity contribution in [2.45, 2.75) is 38.1 Å². The van der Waals surface area contributed by atoms with Gasteiger partial charge < -0.3 is 10.1 Å². The summed E-state index contributed by atoms with van der Waals surface area (Å²) in [6.07, 6.45) is 8.00. The summed E-state index contributed by atoms with van der Waals surface area (Å²) in [5.41, 5.74) is 1.31. The molecule has 2 heteroatoms. The highest BCUT2D eigenvalue weighted by molar-refractivity contribution is 5.37. The van der Waals surface area contributed by atoms with Crippen molar-refractivity contribution in [1.82, 2.24) is 5.32 Å². The molecule has 0 radical (unpaired) electrons. The van der Waals surface area contributed by atoms with Gasteiger partial charge in [-0.05, 0) is 31.9 Å². The topological polar surface area (TPSA) is 21.3 Å². The van der Waals surface area contributed by atoms with E-state index in [-0.39, 0.29) is 0 Å². The van der Waals surface area contributed by atoms with Crippen LogP contribution >= 0.6 is 0 Å². The van der Waals surface area contributed by atoms with Crippen molar-refractivity contribution in [2.24, 2.45) is 0 Å². The van der Waals surface area contributed by atoms with E-state index in [1.54, 1.807) is 0 Å². The van der Waals surface area contributed by atoms with E-state index < -0.39 is 0 Å². The molecular formula is C16H23NO. The fraction of sp³-hybridized carbons (Fsp3) is 0.500. The maximum absolute atomic E-state index is 5.66. The predicted octanol–water partition coefficient (Wildman–Crippen LogP) is 3.85. The first kappa shape index (κ1) is 13.2. The molecule has 1 heterocycles. The van der Waals surface area contributed by atoms with Crippen molar-refractivity contribution in [3.05, 3.63) is 42.5 Å². The summed E-state index contributed by atoms with van der Waals surface area (Å²) in [6.45, 7) is 5.67. The zero-order valence-corrected chi connectivity index (χ0v) is 11.0. The molecule has 0 saturated heterocycles. The molecule has 0 bridgehead atoms. The Kier molecular flexibility index (Phi) is 5.28. The van der Waals surface area contributed by atoms with Gasteiger partial charge in [0.05, 0.1) is 6.61 Å². The van der Waals surface area contributed by atoms with Crippen LogP contribution in [0.15, 0.2) is 36.9 Å². The van der Waals surface area contributed by atoms with Gasteiger partial charge >= 0.3 is 0 Å². The summed E-state index contributed by atoms with van der Waals surface area (Å²) >= 11 is 0. The number of rotatable bonds is 7. The SMILES string of the molecule is C=CCCCCCNC1CCOc2ccccc21. The fourth-order valence-electron chi connectivity index (χ4n) is 2.42. The number of hydrogen-bond acceptors (Lipinski definition) is 2. The Bertz CT molecular complexity index is 375. The van der Waals surface area contributed by atoms with Crippen molar-refractivity contribution in [3.63, 3.8) is 0 Å². The van der Waals surface area contributed by atoms with E-state index in [4.69, 9.17) is 4.74 Å². The minimum Gasteiger partial charge on any atom is -0.493 e. The standard InChI is InChI=1S/C16H23NO/c1-2-3-4-5-8-12-17-15-11-13-18-16-10-7-6-9-14(15)16/h2,6-7,9-10,15,17H,1,3-5,8,11-13H2. The van der Waals surface area contributed by atoms with Crippen LogP contribution in [0.25, 0.3) is 0 Å². The van der Waals surface area contributed by atoms with Crippen molar-refractivity contribution in [2.75, 3.05) is 13.2 Å². The Hall–Kier alpha value is -1.28. The monoisotopic (exact) mass is 245 g/mol. The Labute approximate surface area is 110 Å². The second-order valence-corrected chi connectivity index (χ2v) is 4.82. The summed E-state index contributed by atoms with van der Waals surface area (Å²) in [7, 11) is 0. The Balaban J connectivity index is 1.75. The molecule has 1 aromatic carbocycles. The number of para-hydroxylation sites is 1. The normalized spacial score (nSPS) is 17.9. The summed E-state index contributed by atoms with van der Waals surface area (Å²) in [6, 6.07) is 8.83. The lowest BCUT2D eigenvalue weighted by atomic mass is 10.0. The van der Waals surface area contributed by atoms with Crippen LogP contribution < -0.4 is 10.1 Å². The van der Waals surface area contributed by atoms with E-state index in [2.05, 4.69) is 30.1 Å². The third-order valence-corrected chi connectivity index (χ3v) is 3.43. The lowest BCUT2D eigenvalue weighted by molar-refractivity contribution is 0.252. The highest BCUT2D eigenvalue weighted by atomic mass is 16.5. The van der Waals surface area contributed by atoms with E-state index in [9.17, 15) is 0 Å².